The van der Waals surface area contributed by atoms with Crippen molar-refractivity contribution in [3.8, 4) is 5.75 Å². The Morgan fingerprint density at radius 3 is 2.88 bits per heavy atom. The SMILES string of the molecule is CCC(C)c1ccc2c(c1)N(CC)CCO2. The predicted molar refractivity (Wildman–Crippen MR) is 68.5 cm³/mol. The molecule has 0 radical (unpaired) electrons. The van der Waals surface area contributed by atoms with E-state index < -0.39 is 0 Å². The molecular formula is C14H21NO. The van der Waals surface area contributed by atoms with Crippen LogP contribution in [0.15, 0.2) is 18.2 Å². The number of benzene rings is 1. The van der Waals surface area contributed by atoms with Gasteiger partial charge in [0.1, 0.15) is 12.4 Å². The molecule has 1 heterocycles. The Balaban J connectivity index is 2.34. The monoisotopic (exact) mass is 219 g/mol. The third-order valence-corrected chi connectivity index (χ3v) is 3.51. The second kappa shape index (κ2) is 4.77. The Morgan fingerprint density at radius 1 is 1.38 bits per heavy atom. The van der Waals surface area contributed by atoms with E-state index >= 15 is 0 Å². The molecule has 88 valence electrons. The van der Waals surface area contributed by atoms with E-state index in [9.17, 15) is 0 Å². The van der Waals surface area contributed by atoms with E-state index in [4.69, 9.17) is 4.74 Å². The molecule has 1 aromatic rings. The standard InChI is InChI=1S/C14H21NO/c1-4-11(3)12-6-7-14-13(10-12)15(5-2)8-9-16-14/h6-7,10-11H,4-5,8-9H2,1-3H3. The summed E-state index contributed by atoms with van der Waals surface area (Å²) < 4.78 is 5.68. The van der Waals surface area contributed by atoms with Crippen molar-refractivity contribution in [1.82, 2.24) is 0 Å². The van der Waals surface area contributed by atoms with Crippen LogP contribution in [0.3, 0.4) is 0 Å². The summed E-state index contributed by atoms with van der Waals surface area (Å²) in [5.74, 6) is 1.67. The van der Waals surface area contributed by atoms with Crippen molar-refractivity contribution in [1.29, 1.82) is 0 Å². The Kier molecular flexibility index (Phi) is 3.37. The quantitative estimate of drug-likeness (QED) is 0.772. The highest BCUT2D eigenvalue weighted by atomic mass is 16.5. The molecule has 0 saturated carbocycles. The van der Waals surface area contributed by atoms with Gasteiger partial charge >= 0.3 is 0 Å². The number of hydrogen-bond donors (Lipinski definition) is 0. The van der Waals surface area contributed by atoms with Gasteiger partial charge in [0.05, 0.1) is 12.2 Å². The molecule has 2 rings (SSSR count). The normalized spacial score (nSPS) is 16.6. The zero-order valence-corrected chi connectivity index (χ0v) is 10.5. The lowest BCUT2D eigenvalue weighted by molar-refractivity contribution is 0.308. The molecule has 0 spiro atoms. The summed E-state index contributed by atoms with van der Waals surface area (Å²) in [4.78, 5) is 2.39. The molecule has 0 bridgehead atoms. The molecule has 1 unspecified atom stereocenters. The van der Waals surface area contributed by atoms with Crippen molar-refractivity contribution < 1.29 is 4.74 Å². The molecule has 0 N–H and O–H groups in total. The molecule has 0 saturated heterocycles. The smallest absolute Gasteiger partial charge is 0.142 e. The fourth-order valence-corrected chi connectivity index (χ4v) is 2.16. The largest absolute Gasteiger partial charge is 0.490 e. The van der Waals surface area contributed by atoms with Crippen molar-refractivity contribution in [2.24, 2.45) is 0 Å². The fraction of sp³-hybridized carbons (Fsp3) is 0.571. The van der Waals surface area contributed by atoms with E-state index in [-0.39, 0.29) is 0 Å². The Labute approximate surface area is 98.2 Å². The van der Waals surface area contributed by atoms with E-state index in [1.165, 1.54) is 17.7 Å². The fourth-order valence-electron chi connectivity index (χ4n) is 2.16. The number of likely N-dealkylation sites (N-methyl/N-ethyl adjacent to an activating group) is 1. The van der Waals surface area contributed by atoms with Crippen molar-refractivity contribution in [2.75, 3.05) is 24.6 Å². The van der Waals surface area contributed by atoms with E-state index in [2.05, 4.69) is 43.9 Å². The first-order valence-corrected chi connectivity index (χ1v) is 6.28. The highest BCUT2D eigenvalue weighted by molar-refractivity contribution is 5.61. The first-order chi connectivity index (χ1) is 7.76. The molecule has 0 aromatic heterocycles. The molecule has 1 aliphatic rings. The van der Waals surface area contributed by atoms with Gasteiger partial charge in [0.15, 0.2) is 0 Å². The number of nitrogens with zero attached hydrogens (tertiary/aromatic N) is 1. The lowest BCUT2D eigenvalue weighted by Gasteiger charge is -2.31. The van der Waals surface area contributed by atoms with Gasteiger partial charge in [-0.25, -0.2) is 0 Å². The molecule has 0 aliphatic carbocycles. The summed E-state index contributed by atoms with van der Waals surface area (Å²) >= 11 is 0. The maximum absolute atomic E-state index is 5.68. The third-order valence-electron chi connectivity index (χ3n) is 3.51. The maximum atomic E-state index is 5.68. The zero-order chi connectivity index (χ0) is 11.5. The van der Waals surface area contributed by atoms with Crippen LogP contribution in [0, 0.1) is 0 Å². The van der Waals surface area contributed by atoms with Gasteiger partial charge in [0.25, 0.3) is 0 Å². The Morgan fingerprint density at radius 2 is 2.19 bits per heavy atom. The van der Waals surface area contributed by atoms with E-state index in [1.54, 1.807) is 0 Å². The summed E-state index contributed by atoms with van der Waals surface area (Å²) in [6, 6.07) is 6.62. The molecule has 16 heavy (non-hydrogen) atoms. The lowest BCUT2D eigenvalue weighted by atomic mass is 9.97. The second-order valence-corrected chi connectivity index (χ2v) is 4.46. The van der Waals surface area contributed by atoms with Gasteiger partial charge in [-0.05, 0) is 37.0 Å². The third kappa shape index (κ3) is 2.01. The van der Waals surface area contributed by atoms with E-state index in [1.807, 2.05) is 0 Å². The molecule has 2 heteroatoms. The molecule has 0 amide bonds. The van der Waals surface area contributed by atoms with Crippen LogP contribution in [-0.4, -0.2) is 19.7 Å². The van der Waals surface area contributed by atoms with Crippen LogP contribution >= 0.6 is 0 Å². The number of ether oxygens (including phenoxy) is 1. The van der Waals surface area contributed by atoms with Crippen LogP contribution in [0.1, 0.15) is 38.7 Å². The van der Waals surface area contributed by atoms with Crippen LogP contribution in [0.4, 0.5) is 5.69 Å². The van der Waals surface area contributed by atoms with Crippen molar-refractivity contribution in [2.45, 2.75) is 33.1 Å². The van der Waals surface area contributed by atoms with Crippen LogP contribution in [-0.2, 0) is 0 Å². The first-order valence-electron chi connectivity index (χ1n) is 6.28. The maximum Gasteiger partial charge on any atom is 0.142 e. The topological polar surface area (TPSA) is 12.5 Å². The van der Waals surface area contributed by atoms with Crippen molar-refractivity contribution in [3.63, 3.8) is 0 Å². The minimum absolute atomic E-state index is 0.630. The van der Waals surface area contributed by atoms with Gasteiger partial charge in [-0.2, -0.15) is 0 Å². The number of rotatable bonds is 3. The van der Waals surface area contributed by atoms with Gasteiger partial charge in [0, 0.05) is 6.54 Å². The Bertz CT molecular complexity index is 362. The Hall–Kier alpha value is -1.18. The zero-order valence-electron chi connectivity index (χ0n) is 10.5. The van der Waals surface area contributed by atoms with E-state index in [0.717, 1.165) is 25.4 Å². The van der Waals surface area contributed by atoms with Crippen LogP contribution in [0.2, 0.25) is 0 Å². The molecule has 1 atom stereocenters. The highest BCUT2D eigenvalue weighted by Crippen LogP contribution is 2.34. The molecular weight excluding hydrogens is 198 g/mol. The van der Waals surface area contributed by atoms with Crippen LogP contribution in [0.5, 0.6) is 5.75 Å². The predicted octanol–water partition coefficient (Wildman–Crippen LogP) is 3.42. The molecule has 1 aliphatic heterocycles. The van der Waals surface area contributed by atoms with Gasteiger partial charge in [-0.15, -0.1) is 0 Å². The minimum atomic E-state index is 0.630. The number of anilines is 1. The van der Waals surface area contributed by atoms with Gasteiger partial charge < -0.3 is 9.64 Å². The first kappa shape index (κ1) is 11.3. The van der Waals surface area contributed by atoms with Gasteiger partial charge in [0.2, 0.25) is 0 Å². The van der Waals surface area contributed by atoms with Crippen molar-refractivity contribution in [3.05, 3.63) is 23.8 Å². The van der Waals surface area contributed by atoms with Crippen LogP contribution < -0.4 is 9.64 Å². The average molecular weight is 219 g/mol. The van der Waals surface area contributed by atoms with Gasteiger partial charge in [-0.1, -0.05) is 19.9 Å². The molecule has 0 fully saturated rings. The van der Waals surface area contributed by atoms with Gasteiger partial charge in [-0.3, -0.25) is 0 Å². The van der Waals surface area contributed by atoms with E-state index in [0.29, 0.717) is 5.92 Å². The molecule has 1 aromatic carbocycles. The van der Waals surface area contributed by atoms with Crippen molar-refractivity contribution >= 4 is 5.69 Å². The average Bonchev–Trinajstić information content (AvgIpc) is 2.36. The summed E-state index contributed by atoms with van der Waals surface area (Å²) in [7, 11) is 0. The summed E-state index contributed by atoms with van der Waals surface area (Å²) in [5, 5.41) is 0. The molecule has 2 nitrogen and oxygen atoms in total. The number of hydrogen-bond acceptors (Lipinski definition) is 2. The second-order valence-electron chi connectivity index (χ2n) is 4.46. The summed E-state index contributed by atoms with van der Waals surface area (Å²) in [6.45, 7) is 9.59. The number of fused-ring (bicyclic) bond motifs is 1. The lowest BCUT2D eigenvalue weighted by Crippen LogP contribution is -2.32. The highest BCUT2D eigenvalue weighted by Gasteiger charge is 2.17. The minimum Gasteiger partial charge on any atom is -0.490 e. The van der Waals surface area contributed by atoms with Crippen LogP contribution in [0.25, 0.3) is 0 Å². The summed E-state index contributed by atoms with van der Waals surface area (Å²) in [6.07, 6.45) is 1.19. The summed E-state index contributed by atoms with van der Waals surface area (Å²) in [5.41, 5.74) is 2.69.